The Morgan fingerprint density at radius 3 is 2.95 bits per heavy atom. The normalized spacial score (nSPS) is 19.0. The van der Waals surface area contributed by atoms with E-state index in [0.29, 0.717) is 44.4 Å². The summed E-state index contributed by atoms with van der Waals surface area (Å²) in [5, 5.41) is 18.5. The third-order valence-electron chi connectivity index (χ3n) is 3.10. The zero-order chi connectivity index (χ0) is 14.5. The molecule has 1 saturated heterocycles. The van der Waals surface area contributed by atoms with E-state index in [4.69, 9.17) is 9.47 Å². The summed E-state index contributed by atoms with van der Waals surface area (Å²) in [6.45, 7) is 6.42. The lowest BCUT2D eigenvalue weighted by Gasteiger charge is -2.23. The van der Waals surface area contributed by atoms with Gasteiger partial charge < -0.3 is 14.8 Å². The number of nitrogens with zero attached hydrogens (tertiary/aromatic N) is 3. The molecule has 1 aliphatic rings. The topological polar surface area (TPSA) is 91.5 Å². The summed E-state index contributed by atoms with van der Waals surface area (Å²) in [4.78, 5) is 10.8. The first-order valence-corrected chi connectivity index (χ1v) is 6.78. The van der Waals surface area contributed by atoms with Gasteiger partial charge in [0.05, 0.1) is 30.8 Å². The van der Waals surface area contributed by atoms with Gasteiger partial charge in [-0.15, -0.1) is 0 Å². The van der Waals surface area contributed by atoms with Crippen molar-refractivity contribution in [3.63, 3.8) is 0 Å². The second kappa shape index (κ2) is 6.67. The fourth-order valence-corrected chi connectivity index (χ4v) is 2.20. The number of aryl methyl sites for hydroxylation is 2. The van der Waals surface area contributed by atoms with E-state index < -0.39 is 4.92 Å². The molecule has 112 valence electrons. The summed E-state index contributed by atoms with van der Waals surface area (Å²) in [6, 6.07) is 0. The first-order chi connectivity index (χ1) is 9.63. The van der Waals surface area contributed by atoms with Crippen LogP contribution in [0.25, 0.3) is 0 Å². The van der Waals surface area contributed by atoms with Gasteiger partial charge in [-0.05, 0) is 13.3 Å². The van der Waals surface area contributed by atoms with Crippen molar-refractivity contribution in [2.75, 3.05) is 31.7 Å². The second-order valence-corrected chi connectivity index (χ2v) is 4.71. The van der Waals surface area contributed by atoms with E-state index in [1.807, 2.05) is 6.92 Å². The van der Waals surface area contributed by atoms with Crippen molar-refractivity contribution >= 4 is 11.5 Å². The predicted octanol–water partition coefficient (Wildman–Crippen LogP) is 1.34. The van der Waals surface area contributed by atoms with Crippen molar-refractivity contribution in [1.82, 2.24) is 9.78 Å². The van der Waals surface area contributed by atoms with Crippen LogP contribution in [0.2, 0.25) is 0 Å². The summed E-state index contributed by atoms with van der Waals surface area (Å²) >= 11 is 0. The van der Waals surface area contributed by atoms with Gasteiger partial charge in [-0.1, -0.05) is 6.92 Å². The van der Waals surface area contributed by atoms with Crippen molar-refractivity contribution in [3.05, 3.63) is 15.8 Å². The Bertz CT molecular complexity index is 468. The summed E-state index contributed by atoms with van der Waals surface area (Å²) in [5.41, 5.74) is 0.460. The Hall–Kier alpha value is -1.67. The van der Waals surface area contributed by atoms with Crippen LogP contribution < -0.4 is 5.32 Å². The minimum Gasteiger partial charge on any atom is -0.376 e. The van der Waals surface area contributed by atoms with E-state index in [2.05, 4.69) is 10.4 Å². The van der Waals surface area contributed by atoms with Crippen molar-refractivity contribution in [2.24, 2.45) is 0 Å². The fourth-order valence-electron chi connectivity index (χ4n) is 2.20. The predicted molar refractivity (Wildman–Crippen MR) is 73.0 cm³/mol. The number of hydrogen-bond donors (Lipinski definition) is 1. The molecule has 1 aromatic rings. The first kappa shape index (κ1) is 14.7. The molecule has 0 saturated carbocycles. The zero-order valence-electron chi connectivity index (χ0n) is 11.8. The highest BCUT2D eigenvalue weighted by molar-refractivity contribution is 5.59. The van der Waals surface area contributed by atoms with Crippen LogP contribution in [0.15, 0.2) is 0 Å². The number of rotatable bonds is 6. The van der Waals surface area contributed by atoms with Crippen LogP contribution in [0.5, 0.6) is 0 Å². The van der Waals surface area contributed by atoms with Crippen LogP contribution >= 0.6 is 0 Å². The van der Waals surface area contributed by atoms with Gasteiger partial charge in [0.15, 0.2) is 0 Å². The van der Waals surface area contributed by atoms with Gasteiger partial charge in [0, 0.05) is 13.1 Å². The Kier molecular flexibility index (Phi) is 4.91. The maximum absolute atomic E-state index is 11.2. The molecule has 0 spiro atoms. The maximum atomic E-state index is 11.2. The molecular formula is C12H20N4O4. The zero-order valence-corrected chi connectivity index (χ0v) is 11.8. The second-order valence-electron chi connectivity index (χ2n) is 4.71. The molecule has 20 heavy (non-hydrogen) atoms. The molecule has 1 atom stereocenters. The molecule has 1 N–H and O–H groups in total. The number of anilines is 1. The fraction of sp³-hybridized carbons (Fsp3) is 0.750. The highest BCUT2D eigenvalue weighted by Gasteiger charge is 2.26. The van der Waals surface area contributed by atoms with E-state index in [-0.39, 0.29) is 11.8 Å². The number of hydrogen-bond acceptors (Lipinski definition) is 6. The highest BCUT2D eigenvalue weighted by atomic mass is 16.6. The highest BCUT2D eigenvalue weighted by Crippen LogP contribution is 2.28. The summed E-state index contributed by atoms with van der Waals surface area (Å²) in [5.74, 6) is 0.448. The third-order valence-corrected chi connectivity index (χ3v) is 3.10. The Morgan fingerprint density at radius 2 is 2.35 bits per heavy atom. The van der Waals surface area contributed by atoms with Crippen LogP contribution in [-0.4, -0.2) is 47.2 Å². The number of nitrogens with one attached hydrogen (secondary N) is 1. The number of ether oxygens (including phenoxy) is 2. The lowest BCUT2D eigenvalue weighted by molar-refractivity contribution is -0.384. The van der Waals surface area contributed by atoms with E-state index >= 15 is 0 Å². The molecular weight excluding hydrogens is 264 g/mol. The van der Waals surface area contributed by atoms with Gasteiger partial charge in [-0.3, -0.25) is 10.1 Å². The molecule has 0 amide bonds. The molecule has 0 aromatic carbocycles. The summed E-state index contributed by atoms with van der Waals surface area (Å²) in [7, 11) is 0. The monoisotopic (exact) mass is 284 g/mol. The Labute approximate surface area is 117 Å². The molecule has 1 unspecified atom stereocenters. The summed E-state index contributed by atoms with van der Waals surface area (Å²) < 4.78 is 12.5. The van der Waals surface area contributed by atoms with Crippen molar-refractivity contribution in [3.8, 4) is 0 Å². The van der Waals surface area contributed by atoms with Crippen LogP contribution in [-0.2, 0) is 16.0 Å². The molecule has 2 heterocycles. The molecule has 0 bridgehead atoms. The van der Waals surface area contributed by atoms with Gasteiger partial charge in [-0.2, -0.15) is 5.10 Å². The van der Waals surface area contributed by atoms with Crippen molar-refractivity contribution in [2.45, 2.75) is 32.9 Å². The minimum atomic E-state index is -0.394. The average Bonchev–Trinajstić information content (AvgIpc) is 2.74. The van der Waals surface area contributed by atoms with Crippen LogP contribution in [0.3, 0.4) is 0 Å². The molecule has 8 heteroatoms. The summed E-state index contributed by atoms with van der Waals surface area (Å²) in [6.07, 6.45) is 0.768. The van der Waals surface area contributed by atoms with E-state index in [0.717, 1.165) is 6.42 Å². The largest absolute Gasteiger partial charge is 0.376 e. The lowest BCUT2D eigenvalue weighted by atomic mass is 10.3. The molecule has 1 fully saturated rings. The smallest absolute Gasteiger partial charge is 0.333 e. The molecule has 0 radical (unpaired) electrons. The van der Waals surface area contributed by atoms with Gasteiger partial charge in [0.25, 0.3) is 0 Å². The molecule has 1 aliphatic heterocycles. The lowest BCUT2D eigenvalue weighted by Crippen LogP contribution is -2.34. The van der Waals surface area contributed by atoms with Crippen LogP contribution in [0.1, 0.15) is 19.0 Å². The van der Waals surface area contributed by atoms with Crippen molar-refractivity contribution in [1.29, 1.82) is 0 Å². The standard InChI is InChI=1S/C12H20N4O4/c1-3-4-15-12(11(16(17)18)9(2)14-15)13-7-10-8-19-5-6-20-10/h10,13H,3-8H2,1-2H3. The van der Waals surface area contributed by atoms with Gasteiger partial charge in [0.1, 0.15) is 5.69 Å². The molecule has 0 aliphatic carbocycles. The van der Waals surface area contributed by atoms with Gasteiger partial charge in [0.2, 0.25) is 5.82 Å². The van der Waals surface area contributed by atoms with Crippen LogP contribution in [0.4, 0.5) is 11.5 Å². The van der Waals surface area contributed by atoms with Crippen molar-refractivity contribution < 1.29 is 14.4 Å². The SMILES string of the molecule is CCCn1nc(C)c([N+](=O)[O-])c1NCC1COCCO1. The van der Waals surface area contributed by atoms with Crippen LogP contribution in [0, 0.1) is 17.0 Å². The number of nitro groups is 1. The quantitative estimate of drug-likeness (QED) is 0.626. The third kappa shape index (κ3) is 3.26. The Balaban J connectivity index is 2.12. The number of aromatic nitrogens is 2. The van der Waals surface area contributed by atoms with Gasteiger partial charge >= 0.3 is 5.69 Å². The Morgan fingerprint density at radius 1 is 1.55 bits per heavy atom. The molecule has 8 nitrogen and oxygen atoms in total. The minimum absolute atomic E-state index is 0.0372. The average molecular weight is 284 g/mol. The molecule has 1 aromatic heterocycles. The molecule has 2 rings (SSSR count). The van der Waals surface area contributed by atoms with E-state index in [1.54, 1.807) is 11.6 Å². The van der Waals surface area contributed by atoms with E-state index in [9.17, 15) is 10.1 Å². The first-order valence-electron chi connectivity index (χ1n) is 6.78. The maximum Gasteiger partial charge on any atom is 0.333 e. The van der Waals surface area contributed by atoms with Gasteiger partial charge in [-0.25, -0.2) is 4.68 Å². The van der Waals surface area contributed by atoms with E-state index in [1.165, 1.54) is 0 Å².